The van der Waals surface area contributed by atoms with Gasteiger partial charge in [-0.2, -0.15) is 0 Å². The van der Waals surface area contributed by atoms with Gasteiger partial charge in [0.25, 0.3) is 0 Å². The molecule has 2 heterocycles. The Balaban J connectivity index is 1.02. The number of furan rings is 1. The first-order chi connectivity index (χ1) is 31.5. The third kappa shape index (κ3) is 6.34. The van der Waals surface area contributed by atoms with Crippen molar-refractivity contribution in [1.29, 1.82) is 0 Å². The fraction of sp³-hybridized carbons (Fsp3) is 0.0500. The Kier molecular flexibility index (Phi) is 8.80. The van der Waals surface area contributed by atoms with Crippen molar-refractivity contribution in [3.05, 3.63) is 223 Å². The summed E-state index contributed by atoms with van der Waals surface area (Å²) < 4.78 is 7.02. The Labute approximate surface area is 372 Å². The van der Waals surface area contributed by atoms with Crippen LogP contribution in [-0.4, -0.2) is 15.0 Å². The van der Waals surface area contributed by atoms with Crippen molar-refractivity contribution in [1.82, 2.24) is 15.0 Å². The fourth-order valence-electron chi connectivity index (χ4n) is 9.65. The molecule has 64 heavy (non-hydrogen) atoms. The standard InChI is InChI=1S/C60H41N3O/c1-60(2)53-27-13-12-22-49(53)50-33-32-43(37-54(50)60)58-61-57(42-20-10-5-11-21-42)62-59(63-58)46-35-44(39-18-8-4-9-19-39)34-45(36-46)48-24-15-26-52-51-25-14-23-47(55(51)64-56(48)52)41-30-28-40(29-31-41)38-16-6-3-7-17-38/h3-37H,1-2H3. The van der Waals surface area contributed by atoms with Crippen molar-refractivity contribution in [2.24, 2.45) is 0 Å². The quantitative estimate of drug-likeness (QED) is 0.161. The third-order valence-electron chi connectivity index (χ3n) is 12.9. The maximum absolute atomic E-state index is 7.02. The third-order valence-corrected chi connectivity index (χ3v) is 12.9. The fourth-order valence-corrected chi connectivity index (χ4v) is 9.65. The summed E-state index contributed by atoms with van der Waals surface area (Å²) in [6, 6.07) is 74.9. The van der Waals surface area contributed by atoms with E-state index in [4.69, 9.17) is 19.4 Å². The summed E-state index contributed by atoms with van der Waals surface area (Å²) >= 11 is 0. The van der Waals surface area contributed by atoms with Gasteiger partial charge in [0.15, 0.2) is 17.5 Å². The van der Waals surface area contributed by atoms with Gasteiger partial charge in [-0.3, -0.25) is 0 Å². The van der Waals surface area contributed by atoms with E-state index in [0.29, 0.717) is 17.5 Å². The molecular formula is C60H41N3O. The lowest BCUT2D eigenvalue weighted by atomic mass is 9.82. The molecule has 11 aromatic rings. The lowest BCUT2D eigenvalue weighted by molar-refractivity contribution is 0.660. The molecule has 4 nitrogen and oxygen atoms in total. The smallest absolute Gasteiger partial charge is 0.164 e. The maximum atomic E-state index is 7.02. The average molecular weight is 820 g/mol. The van der Waals surface area contributed by atoms with Crippen molar-refractivity contribution in [2.45, 2.75) is 19.3 Å². The molecule has 0 radical (unpaired) electrons. The van der Waals surface area contributed by atoms with E-state index in [1.54, 1.807) is 0 Å². The monoisotopic (exact) mass is 819 g/mol. The summed E-state index contributed by atoms with van der Waals surface area (Å²) in [4.78, 5) is 15.7. The predicted octanol–water partition coefficient (Wildman–Crippen LogP) is 15.7. The van der Waals surface area contributed by atoms with Gasteiger partial charge in [0.1, 0.15) is 11.2 Å². The number of benzene rings is 9. The van der Waals surface area contributed by atoms with E-state index in [1.165, 1.54) is 33.4 Å². The molecule has 0 amide bonds. The number of para-hydroxylation sites is 2. The van der Waals surface area contributed by atoms with Gasteiger partial charge >= 0.3 is 0 Å². The van der Waals surface area contributed by atoms with Gasteiger partial charge in [-0.05, 0) is 79.9 Å². The van der Waals surface area contributed by atoms with E-state index in [1.807, 2.05) is 24.3 Å². The minimum atomic E-state index is -0.162. The lowest BCUT2D eigenvalue weighted by Gasteiger charge is -2.21. The van der Waals surface area contributed by atoms with Crippen LogP contribution in [0.1, 0.15) is 25.0 Å². The van der Waals surface area contributed by atoms with Crippen LogP contribution < -0.4 is 0 Å². The molecule has 0 aliphatic heterocycles. The predicted molar refractivity (Wildman–Crippen MR) is 263 cm³/mol. The van der Waals surface area contributed by atoms with E-state index in [2.05, 4.69) is 202 Å². The molecule has 302 valence electrons. The SMILES string of the molecule is CC1(C)c2ccccc2-c2ccc(-c3nc(-c4ccccc4)nc(-c4cc(-c5ccccc5)cc(-c5cccc6c5oc5c(-c7ccc(-c8ccccc8)cc7)cccc56)c4)n3)cc21. The normalized spacial score (nSPS) is 12.7. The molecular weight excluding hydrogens is 779 g/mol. The molecule has 1 aliphatic carbocycles. The van der Waals surface area contributed by atoms with Crippen molar-refractivity contribution in [2.75, 3.05) is 0 Å². The van der Waals surface area contributed by atoms with Gasteiger partial charge in [0.05, 0.1) is 0 Å². The van der Waals surface area contributed by atoms with Gasteiger partial charge < -0.3 is 4.42 Å². The van der Waals surface area contributed by atoms with Crippen LogP contribution in [0.15, 0.2) is 217 Å². The molecule has 1 aliphatic rings. The lowest BCUT2D eigenvalue weighted by Crippen LogP contribution is -2.15. The Morgan fingerprint density at radius 1 is 0.297 bits per heavy atom. The highest BCUT2D eigenvalue weighted by Crippen LogP contribution is 2.49. The van der Waals surface area contributed by atoms with Crippen LogP contribution in [0.2, 0.25) is 0 Å². The molecule has 0 N–H and O–H groups in total. The largest absolute Gasteiger partial charge is 0.455 e. The Morgan fingerprint density at radius 3 is 1.39 bits per heavy atom. The molecule has 0 saturated heterocycles. The number of fused-ring (bicyclic) bond motifs is 6. The zero-order valence-electron chi connectivity index (χ0n) is 35.5. The van der Waals surface area contributed by atoms with Crippen molar-refractivity contribution in [3.63, 3.8) is 0 Å². The minimum absolute atomic E-state index is 0.162. The first-order valence-electron chi connectivity index (χ1n) is 21.8. The number of rotatable bonds is 7. The molecule has 9 aromatic carbocycles. The molecule has 0 spiro atoms. The Bertz CT molecular complexity index is 3560. The van der Waals surface area contributed by atoms with E-state index in [9.17, 15) is 0 Å². The molecule has 0 bridgehead atoms. The van der Waals surface area contributed by atoms with Gasteiger partial charge in [-0.25, -0.2) is 15.0 Å². The summed E-state index contributed by atoms with van der Waals surface area (Å²) in [5.41, 5.74) is 18.2. The highest BCUT2D eigenvalue weighted by atomic mass is 16.3. The van der Waals surface area contributed by atoms with Gasteiger partial charge in [0, 0.05) is 44.0 Å². The highest BCUT2D eigenvalue weighted by Gasteiger charge is 2.35. The Morgan fingerprint density at radius 2 is 0.734 bits per heavy atom. The molecule has 0 atom stereocenters. The molecule has 0 fully saturated rings. The van der Waals surface area contributed by atoms with Crippen LogP contribution >= 0.6 is 0 Å². The van der Waals surface area contributed by atoms with Crippen LogP contribution in [-0.2, 0) is 5.41 Å². The van der Waals surface area contributed by atoms with Gasteiger partial charge in [0.2, 0.25) is 0 Å². The molecule has 2 aromatic heterocycles. The number of nitrogens with zero attached hydrogens (tertiary/aromatic N) is 3. The second kappa shape index (κ2) is 15.0. The average Bonchev–Trinajstić information content (AvgIpc) is 3.86. The maximum Gasteiger partial charge on any atom is 0.164 e. The van der Waals surface area contributed by atoms with Crippen LogP contribution in [0.4, 0.5) is 0 Å². The second-order valence-corrected chi connectivity index (χ2v) is 17.2. The van der Waals surface area contributed by atoms with Crippen LogP contribution in [0.25, 0.3) is 112 Å². The van der Waals surface area contributed by atoms with E-state index in [-0.39, 0.29) is 5.41 Å². The summed E-state index contributed by atoms with van der Waals surface area (Å²) in [6.45, 7) is 4.61. The molecule has 4 heteroatoms. The minimum Gasteiger partial charge on any atom is -0.455 e. The van der Waals surface area contributed by atoms with Gasteiger partial charge in [-0.1, -0.05) is 202 Å². The summed E-state index contributed by atoms with van der Waals surface area (Å²) in [7, 11) is 0. The van der Waals surface area contributed by atoms with Crippen molar-refractivity contribution < 1.29 is 4.42 Å². The summed E-state index contributed by atoms with van der Waals surface area (Å²) in [6.07, 6.45) is 0. The van der Waals surface area contributed by atoms with E-state index < -0.39 is 0 Å². The number of aromatic nitrogens is 3. The Hall–Kier alpha value is -8.21. The molecule has 0 saturated carbocycles. The highest BCUT2D eigenvalue weighted by molar-refractivity contribution is 6.13. The van der Waals surface area contributed by atoms with Crippen molar-refractivity contribution >= 4 is 21.9 Å². The van der Waals surface area contributed by atoms with Crippen LogP contribution in [0.5, 0.6) is 0 Å². The van der Waals surface area contributed by atoms with Crippen LogP contribution in [0.3, 0.4) is 0 Å². The number of hydrogen-bond acceptors (Lipinski definition) is 4. The second-order valence-electron chi connectivity index (χ2n) is 17.2. The molecule has 0 unspecified atom stereocenters. The zero-order chi connectivity index (χ0) is 42.8. The van der Waals surface area contributed by atoms with E-state index in [0.717, 1.165) is 72.0 Å². The van der Waals surface area contributed by atoms with Crippen LogP contribution in [0, 0.1) is 0 Å². The van der Waals surface area contributed by atoms with Gasteiger partial charge in [-0.15, -0.1) is 0 Å². The van der Waals surface area contributed by atoms with Crippen molar-refractivity contribution in [3.8, 4) is 89.8 Å². The first kappa shape index (κ1) is 37.5. The number of hydrogen-bond donors (Lipinski definition) is 0. The summed E-state index contributed by atoms with van der Waals surface area (Å²) in [5, 5.41) is 2.15. The first-order valence-corrected chi connectivity index (χ1v) is 21.8. The topological polar surface area (TPSA) is 51.8 Å². The zero-order valence-corrected chi connectivity index (χ0v) is 35.5. The molecule has 12 rings (SSSR count). The summed E-state index contributed by atoms with van der Waals surface area (Å²) in [5.74, 6) is 1.86. The van der Waals surface area contributed by atoms with E-state index >= 15 is 0 Å².